The summed E-state index contributed by atoms with van der Waals surface area (Å²) in [6.45, 7) is 9.54. The van der Waals surface area contributed by atoms with Crippen molar-refractivity contribution in [3.63, 3.8) is 0 Å². The minimum atomic E-state index is -0.207. The highest BCUT2D eigenvalue weighted by Gasteiger charge is 2.31. The first-order valence-corrected chi connectivity index (χ1v) is 8.61. The molecule has 1 saturated carbocycles. The van der Waals surface area contributed by atoms with E-state index in [1.165, 1.54) is 25.7 Å². The summed E-state index contributed by atoms with van der Waals surface area (Å²) in [5.74, 6) is 0.676. The van der Waals surface area contributed by atoms with Crippen molar-refractivity contribution in [2.45, 2.75) is 71.4 Å². The van der Waals surface area contributed by atoms with E-state index in [1.54, 1.807) is 0 Å². The Morgan fingerprint density at radius 1 is 1.05 bits per heavy atom. The lowest BCUT2D eigenvalue weighted by atomic mass is 9.71. The molecule has 0 atom stereocenters. The van der Waals surface area contributed by atoms with Crippen LogP contribution in [-0.2, 0) is 4.79 Å². The lowest BCUT2D eigenvalue weighted by Crippen LogP contribution is -2.48. The lowest BCUT2D eigenvalue weighted by Gasteiger charge is -2.39. The second-order valence-corrected chi connectivity index (χ2v) is 8.10. The summed E-state index contributed by atoms with van der Waals surface area (Å²) >= 11 is 0. The van der Waals surface area contributed by atoms with E-state index in [0.29, 0.717) is 24.0 Å². The number of rotatable bonds is 4. The summed E-state index contributed by atoms with van der Waals surface area (Å²) in [5, 5.41) is 3.86. The molecular formula is C17H33N3O. The summed E-state index contributed by atoms with van der Waals surface area (Å²) in [4.78, 5) is 13.1. The zero-order valence-electron chi connectivity index (χ0n) is 14.0. The predicted octanol–water partition coefficient (Wildman–Crippen LogP) is 2.13. The largest absolute Gasteiger partial charge is 0.369 e. The topological polar surface area (TPSA) is 58.4 Å². The van der Waals surface area contributed by atoms with Crippen LogP contribution in [0.1, 0.15) is 59.3 Å². The summed E-state index contributed by atoms with van der Waals surface area (Å²) < 4.78 is 0. The Labute approximate surface area is 129 Å². The zero-order chi connectivity index (χ0) is 15.5. The van der Waals surface area contributed by atoms with Gasteiger partial charge in [0.25, 0.3) is 0 Å². The van der Waals surface area contributed by atoms with Crippen molar-refractivity contribution in [1.82, 2.24) is 10.2 Å². The first kappa shape index (κ1) is 16.8. The number of carbonyl (C=O) groups is 1. The molecule has 2 fully saturated rings. The predicted molar refractivity (Wildman–Crippen MR) is 87.0 cm³/mol. The van der Waals surface area contributed by atoms with E-state index in [-0.39, 0.29) is 5.91 Å². The smallest absolute Gasteiger partial charge is 0.231 e. The molecule has 0 aromatic carbocycles. The van der Waals surface area contributed by atoms with Crippen LogP contribution < -0.4 is 11.1 Å². The van der Waals surface area contributed by atoms with Gasteiger partial charge in [-0.25, -0.2) is 0 Å². The first-order chi connectivity index (χ1) is 9.84. The van der Waals surface area contributed by atoms with Gasteiger partial charge >= 0.3 is 0 Å². The van der Waals surface area contributed by atoms with Gasteiger partial charge in [-0.3, -0.25) is 9.69 Å². The molecule has 0 spiro atoms. The molecule has 0 aromatic heterocycles. The highest BCUT2D eigenvalue weighted by atomic mass is 16.1. The molecule has 4 heteroatoms. The van der Waals surface area contributed by atoms with E-state index in [1.807, 2.05) is 0 Å². The van der Waals surface area contributed by atoms with Gasteiger partial charge in [-0.15, -0.1) is 0 Å². The fourth-order valence-electron chi connectivity index (χ4n) is 3.94. The van der Waals surface area contributed by atoms with Crippen molar-refractivity contribution in [2.75, 3.05) is 19.6 Å². The Kier molecular flexibility index (Phi) is 5.67. The Morgan fingerprint density at radius 2 is 1.57 bits per heavy atom. The van der Waals surface area contributed by atoms with Crippen LogP contribution >= 0.6 is 0 Å². The van der Waals surface area contributed by atoms with Gasteiger partial charge in [0.1, 0.15) is 0 Å². The van der Waals surface area contributed by atoms with Gasteiger partial charge in [-0.05, 0) is 49.9 Å². The highest BCUT2D eigenvalue weighted by Crippen LogP contribution is 2.37. The molecule has 2 aliphatic rings. The average Bonchev–Trinajstić information content (AvgIpc) is 2.40. The Balaban J connectivity index is 1.67. The Hall–Kier alpha value is -0.610. The monoisotopic (exact) mass is 295 g/mol. The van der Waals surface area contributed by atoms with Gasteiger partial charge in [-0.2, -0.15) is 0 Å². The number of amides is 1. The lowest BCUT2D eigenvalue weighted by molar-refractivity contribution is -0.119. The first-order valence-electron chi connectivity index (χ1n) is 8.61. The fourth-order valence-corrected chi connectivity index (χ4v) is 3.94. The minimum Gasteiger partial charge on any atom is -0.369 e. The number of hydrogen-bond donors (Lipinski definition) is 2. The number of piperidine rings is 1. The SMILES string of the molecule is CC(C)(C)C1CCC(NC2CCN(CC(N)=O)CC2)CC1. The maximum absolute atomic E-state index is 10.9. The molecule has 122 valence electrons. The normalized spacial score (nSPS) is 29.5. The Bertz CT molecular complexity index is 334. The van der Waals surface area contributed by atoms with E-state index in [2.05, 4.69) is 31.0 Å². The van der Waals surface area contributed by atoms with Crippen LogP contribution in [0.4, 0.5) is 0 Å². The van der Waals surface area contributed by atoms with E-state index in [4.69, 9.17) is 5.73 Å². The third kappa shape index (κ3) is 5.26. The standard InChI is InChI=1S/C17H33N3O/c1-17(2,3)13-4-6-14(7-5-13)19-15-8-10-20(11-9-15)12-16(18)21/h13-15,19H,4-12H2,1-3H3,(H2,18,21). The molecule has 2 rings (SSSR count). The van der Waals surface area contributed by atoms with Crippen molar-refractivity contribution >= 4 is 5.91 Å². The molecule has 3 N–H and O–H groups in total. The average molecular weight is 295 g/mol. The van der Waals surface area contributed by atoms with Crippen molar-refractivity contribution < 1.29 is 4.79 Å². The van der Waals surface area contributed by atoms with E-state index < -0.39 is 0 Å². The van der Waals surface area contributed by atoms with Crippen molar-refractivity contribution in [3.8, 4) is 0 Å². The van der Waals surface area contributed by atoms with Crippen LogP contribution in [-0.4, -0.2) is 42.5 Å². The quantitative estimate of drug-likeness (QED) is 0.835. The maximum atomic E-state index is 10.9. The van der Waals surface area contributed by atoms with Crippen LogP contribution in [0.5, 0.6) is 0 Å². The number of primary amides is 1. The molecule has 1 amide bonds. The van der Waals surface area contributed by atoms with Gasteiger partial charge in [-0.1, -0.05) is 20.8 Å². The van der Waals surface area contributed by atoms with Crippen molar-refractivity contribution in [2.24, 2.45) is 17.1 Å². The highest BCUT2D eigenvalue weighted by molar-refractivity contribution is 5.75. The number of hydrogen-bond acceptors (Lipinski definition) is 3. The molecule has 1 heterocycles. The van der Waals surface area contributed by atoms with Crippen LogP contribution in [0.2, 0.25) is 0 Å². The molecular weight excluding hydrogens is 262 g/mol. The number of nitrogens with one attached hydrogen (secondary N) is 1. The summed E-state index contributed by atoms with van der Waals surface area (Å²) in [7, 11) is 0. The third-order valence-corrected chi connectivity index (χ3v) is 5.39. The van der Waals surface area contributed by atoms with E-state index in [9.17, 15) is 4.79 Å². The molecule has 0 unspecified atom stereocenters. The summed E-state index contributed by atoms with van der Waals surface area (Å²) in [6.07, 6.45) is 7.66. The van der Waals surface area contributed by atoms with Crippen molar-refractivity contribution in [1.29, 1.82) is 0 Å². The summed E-state index contributed by atoms with van der Waals surface area (Å²) in [6, 6.07) is 1.33. The number of nitrogens with zero attached hydrogens (tertiary/aromatic N) is 1. The second kappa shape index (κ2) is 7.10. The van der Waals surface area contributed by atoms with Crippen LogP contribution in [0.25, 0.3) is 0 Å². The number of carbonyl (C=O) groups excluding carboxylic acids is 1. The van der Waals surface area contributed by atoms with Crippen LogP contribution in [0.15, 0.2) is 0 Å². The zero-order valence-corrected chi connectivity index (χ0v) is 14.0. The van der Waals surface area contributed by atoms with Gasteiger partial charge in [0.15, 0.2) is 0 Å². The van der Waals surface area contributed by atoms with E-state index >= 15 is 0 Å². The fraction of sp³-hybridized carbons (Fsp3) is 0.941. The maximum Gasteiger partial charge on any atom is 0.231 e. The third-order valence-electron chi connectivity index (χ3n) is 5.39. The number of nitrogens with two attached hydrogens (primary N) is 1. The molecule has 21 heavy (non-hydrogen) atoms. The van der Waals surface area contributed by atoms with E-state index in [0.717, 1.165) is 31.8 Å². The minimum absolute atomic E-state index is 0.207. The molecule has 0 radical (unpaired) electrons. The molecule has 0 aromatic rings. The van der Waals surface area contributed by atoms with Crippen LogP contribution in [0, 0.1) is 11.3 Å². The summed E-state index contributed by atoms with van der Waals surface area (Å²) in [5.41, 5.74) is 5.72. The van der Waals surface area contributed by atoms with Crippen LogP contribution in [0.3, 0.4) is 0 Å². The van der Waals surface area contributed by atoms with Gasteiger partial charge < -0.3 is 11.1 Å². The Morgan fingerprint density at radius 3 is 2.05 bits per heavy atom. The van der Waals surface area contributed by atoms with Crippen molar-refractivity contribution in [3.05, 3.63) is 0 Å². The molecule has 4 nitrogen and oxygen atoms in total. The molecule has 1 aliphatic carbocycles. The molecule has 1 aliphatic heterocycles. The molecule has 1 saturated heterocycles. The molecule has 0 bridgehead atoms. The van der Waals surface area contributed by atoms with Gasteiger partial charge in [0, 0.05) is 25.2 Å². The second-order valence-electron chi connectivity index (χ2n) is 8.10. The number of likely N-dealkylation sites (tertiary alicyclic amines) is 1. The van der Waals surface area contributed by atoms with Gasteiger partial charge in [0.2, 0.25) is 5.91 Å². The van der Waals surface area contributed by atoms with Gasteiger partial charge in [0.05, 0.1) is 6.54 Å².